The van der Waals surface area contributed by atoms with Crippen LogP contribution in [0.1, 0.15) is 43.7 Å². The summed E-state index contributed by atoms with van der Waals surface area (Å²) in [6, 6.07) is 5.33. The van der Waals surface area contributed by atoms with E-state index in [1.807, 2.05) is 12.1 Å². The largest absolute Gasteiger partial charge is 0.398 e. The Labute approximate surface area is 126 Å². The molecular formula is C14H20BrF2N3. The molecule has 0 radical (unpaired) electrons. The fourth-order valence-corrected chi connectivity index (χ4v) is 3.32. The van der Waals surface area contributed by atoms with Gasteiger partial charge in [0.2, 0.25) is 5.92 Å². The Kier molecular flexibility index (Phi) is 4.99. The van der Waals surface area contributed by atoms with Crippen LogP contribution >= 0.6 is 15.9 Å². The van der Waals surface area contributed by atoms with E-state index in [0.717, 1.165) is 16.5 Å². The van der Waals surface area contributed by atoms with Crippen LogP contribution in [0, 0.1) is 5.92 Å². The van der Waals surface area contributed by atoms with Gasteiger partial charge in [-0.2, -0.15) is 0 Å². The van der Waals surface area contributed by atoms with E-state index in [1.165, 1.54) is 0 Å². The number of hydrazine groups is 1. The molecule has 2 rings (SSSR count). The lowest BCUT2D eigenvalue weighted by Crippen LogP contribution is -2.33. The molecule has 1 saturated carbocycles. The molecule has 1 fully saturated rings. The van der Waals surface area contributed by atoms with Gasteiger partial charge >= 0.3 is 0 Å². The molecule has 1 aromatic rings. The Morgan fingerprint density at radius 2 is 2.20 bits per heavy atom. The Balaban J connectivity index is 2.10. The van der Waals surface area contributed by atoms with Crippen LogP contribution in [0.4, 0.5) is 14.5 Å². The molecule has 2 unspecified atom stereocenters. The molecule has 20 heavy (non-hydrogen) atoms. The third kappa shape index (κ3) is 3.90. The molecule has 3 nitrogen and oxygen atoms in total. The molecule has 0 amide bonds. The molecule has 0 aromatic heterocycles. The first kappa shape index (κ1) is 15.7. The summed E-state index contributed by atoms with van der Waals surface area (Å²) < 4.78 is 27.8. The number of nitrogens with one attached hydrogen (secondary N) is 1. The van der Waals surface area contributed by atoms with Crippen molar-refractivity contribution in [1.29, 1.82) is 0 Å². The Hall–Kier alpha value is -0.720. The van der Waals surface area contributed by atoms with Crippen molar-refractivity contribution in [3.63, 3.8) is 0 Å². The Morgan fingerprint density at radius 3 is 2.85 bits per heavy atom. The maximum absolute atomic E-state index is 13.5. The van der Waals surface area contributed by atoms with Crippen molar-refractivity contribution in [2.75, 3.05) is 5.73 Å². The number of nitrogens with two attached hydrogens (primary N) is 2. The number of anilines is 1. The molecule has 2 atom stereocenters. The van der Waals surface area contributed by atoms with Gasteiger partial charge in [-0.25, -0.2) is 8.78 Å². The third-order valence-corrected chi connectivity index (χ3v) is 4.43. The van der Waals surface area contributed by atoms with Gasteiger partial charge in [-0.05, 0) is 48.9 Å². The van der Waals surface area contributed by atoms with Crippen LogP contribution in [0.15, 0.2) is 22.7 Å². The summed E-state index contributed by atoms with van der Waals surface area (Å²) in [7, 11) is 0. The van der Waals surface area contributed by atoms with Crippen LogP contribution in [-0.2, 0) is 0 Å². The van der Waals surface area contributed by atoms with E-state index in [-0.39, 0.29) is 24.8 Å². The van der Waals surface area contributed by atoms with Crippen molar-refractivity contribution in [2.45, 2.75) is 44.1 Å². The highest BCUT2D eigenvalue weighted by atomic mass is 79.9. The molecule has 1 aromatic carbocycles. The number of rotatable bonds is 4. The van der Waals surface area contributed by atoms with Gasteiger partial charge in [-0.15, -0.1) is 0 Å². The summed E-state index contributed by atoms with van der Waals surface area (Å²) in [5.74, 6) is 3.03. The maximum Gasteiger partial charge on any atom is 0.248 e. The standard InChI is InChI=1S/C14H20BrF2N3/c15-10-3-4-12(18)11(7-10)13(20-19)6-9-2-1-5-14(16,17)8-9/h3-4,7,9,13,20H,1-2,5-6,8,18-19H2. The minimum absolute atomic E-state index is 0.00322. The lowest BCUT2D eigenvalue weighted by atomic mass is 9.81. The highest BCUT2D eigenvalue weighted by Crippen LogP contribution is 2.40. The second-order valence-corrected chi connectivity index (χ2v) is 6.46. The van der Waals surface area contributed by atoms with E-state index in [0.29, 0.717) is 18.5 Å². The summed E-state index contributed by atoms with van der Waals surface area (Å²) in [5.41, 5.74) is 10.2. The number of halogens is 3. The zero-order chi connectivity index (χ0) is 14.8. The normalized spacial score (nSPS) is 23.5. The van der Waals surface area contributed by atoms with Crippen molar-refractivity contribution in [3.05, 3.63) is 28.2 Å². The highest BCUT2D eigenvalue weighted by Gasteiger charge is 2.37. The molecule has 0 bridgehead atoms. The van der Waals surface area contributed by atoms with Crippen molar-refractivity contribution in [1.82, 2.24) is 5.43 Å². The first-order chi connectivity index (χ1) is 9.41. The van der Waals surface area contributed by atoms with Crippen LogP contribution < -0.4 is 17.0 Å². The number of hydrogen-bond donors (Lipinski definition) is 3. The maximum atomic E-state index is 13.5. The van der Waals surface area contributed by atoms with Crippen LogP contribution in [0.25, 0.3) is 0 Å². The average molecular weight is 348 g/mol. The molecule has 0 spiro atoms. The predicted octanol–water partition coefficient (Wildman–Crippen LogP) is 3.75. The molecule has 0 heterocycles. The van der Waals surface area contributed by atoms with Gasteiger partial charge in [-0.3, -0.25) is 11.3 Å². The van der Waals surface area contributed by atoms with E-state index in [2.05, 4.69) is 21.4 Å². The second-order valence-electron chi connectivity index (χ2n) is 5.55. The molecule has 0 aliphatic heterocycles. The highest BCUT2D eigenvalue weighted by molar-refractivity contribution is 9.10. The molecular weight excluding hydrogens is 328 g/mol. The molecule has 1 aliphatic rings. The lowest BCUT2D eigenvalue weighted by molar-refractivity contribution is -0.0548. The molecule has 6 heteroatoms. The van der Waals surface area contributed by atoms with E-state index < -0.39 is 5.92 Å². The molecule has 5 N–H and O–H groups in total. The van der Waals surface area contributed by atoms with E-state index >= 15 is 0 Å². The first-order valence-corrected chi connectivity index (χ1v) is 7.59. The van der Waals surface area contributed by atoms with Gasteiger partial charge < -0.3 is 5.73 Å². The van der Waals surface area contributed by atoms with Crippen molar-refractivity contribution >= 4 is 21.6 Å². The Morgan fingerprint density at radius 1 is 1.45 bits per heavy atom. The minimum atomic E-state index is -2.54. The predicted molar refractivity (Wildman–Crippen MR) is 80.1 cm³/mol. The van der Waals surface area contributed by atoms with Gasteiger partial charge in [-0.1, -0.05) is 15.9 Å². The monoisotopic (exact) mass is 347 g/mol. The number of benzene rings is 1. The summed E-state index contributed by atoms with van der Waals surface area (Å²) in [4.78, 5) is 0. The Bertz CT molecular complexity index is 468. The number of hydrogen-bond acceptors (Lipinski definition) is 3. The SMILES string of the molecule is NNC(CC1CCCC(F)(F)C1)c1cc(Br)ccc1N. The zero-order valence-corrected chi connectivity index (χ0v) is 12.8. The quantitative estimate of drug-likeness (QED) is 0.441. The zero-order valence-electron chi connectivity index (χ0n) is 11.2. The summed E-state index contributed by atoms with van der Waals surface area (Å²) in [6.07, 6.45) is 1.92. The molecule has 1 aliphatic carbocycles. The van der Waals surface area contributed by atoms with Gasteiger partial charge in [0.05, 0.1) is 0 Å². The van der Waals surface area contributed by atoms with E-state index in [9.17, 15) is 8.78 Å². The number of alkyl halides is 2. The first-order valence-electron chi connectivity index (χ1n) is 6.80. The molecule has 112 valence electrons. The smallest absolute Gasteiger partial charge is 0.248 e. The minimum Gasteiger partial charge on any atom is -0.398 e. The fraction of sp³-hybridized carbons (Fsp3) is 0.571. The van der Waals surface area contributed by atoms with Crippen LogP contribution in [0.2, 0.25) is 0 Å². The number of nitrogen functional groups attached to an aromatic ring is 1. The lowest BCUT2D eigenvalue weighted by Gasteiger charge is -2.31. The van der Waals surface area contributed by atoms with Gasteiger partial charge in [0.1, 0.15) is 0 Å². The summed E-state index contributed by atoms with van der Waals surface area (Å²) in [5, 5.41) is 0. The van der Waals surface area contributed by atoms with E-state index in [1.54, 1.807) is 6.07 Å². The van der Waals surface area contributed by atoms with Crippen LogP contribution in [0.5, 0.6) is 0 Å². The van der Waals surface area contributed by atoms with Crippen molar-refractivity contribution in [3.8, 4) is 0 Å². The summed E-state index contributed by atoms with van der Waals surface area (Å²) >= 11 is 3.39. The van der Waals surface area contributed by atoms with E-state index in [4.69, 9.17) is 11.6 Å². The van der Waals surface area contributed by atoms with Crippen molar-refractivity contribution in [2.24, 2.45) is 11.8 Å². The second kappa shape index (κ2) is 6.37. The van der Waals surface area contributed by atoms with Gasteiger partial charge in [0, 0.05) is 29.0 Å². The van der Waals surface area contributed by atoms with Gasteiger partial charge in [0.15, 0.2) is 0 Å². The average Bonchev–Trinajstić information content (AvgIpc) is 2.38. The van der Waals surface area contributed by atoms with Crippen molar-refractivity contribution < 1.29 is 8.78 Å². The van der Waals surface area contributed by atoms with Crippen LogP contribution in [0.3, 0.4) is 0 Å². The topological polar surface area (TPSA) is 64.1 Å². The third-order valence-electron chi connectivity index (χ3n) is 3.94. The van der Waals surface area contributed by atoms with Crippen LogP contribution in [-0.4, -0.2) is 5.92 Å². The van der Waals surface area contributed by atoms with Gasteiger partial charge in [0.25, 0.3) is 0 Å². The summed E-state index contributed by atoms with van der Waals surface area (Å²) in [6.45, 7) is 0. The fourth-order valence-electron chi connectivity index (χ4n) is 2.94. The molecule has 0 saturated heterocycles.